The van der Waals surface area contributed by atoms with E-state index in [4.69, 9.17) is 16.3 Å². The van der Waals surface area contributed by atoms with E-state index >= 15 is 0 Å². The van der Waals surface area contributed by atoms with Crippen LogP contribution in [0.15, 0.2) is 47.4 Å². The highest BCUT2D eigenvalue weighted by molar-refractivity contribution is 7.99. The monoisotopic (exact) mass is 329 g/mol. The Labute approximate surface area is 131 Å². The number of nitrogens with one attached hydrogen (secondary N) is 1. The second kappa shape index (κ2) is 7.52. The Morgan fingerprint density at radius 3 is 2.48 bits per heavy atom. The topological polar surface area (TPSA) is 21.3 Å². The van der Waals surface area contributed by atoms with Gasteiger partial charge in [-0.3, -0.25) is 0 Å². The van der Waals surface area contributed by atoms with Gasteiger partial charge in [0.05, 0.1) is 12.1 Å². The van der Waals surface area contributed by atoms with E-state index in [1.807, 2.05) is 18.2 Å². The number of benzene rings is 2. The number of thioether (sulfide) groups is 1. The van der Waals surface area contributed by atoms with E-state index in [1.165, 1.54) is 0 Å². The Morgan fingerprint density at radius 2 is 1.90 bits per heavy atom. The van der Waals surface area contributed by atoms with E-state index in [0.29, 0.717) is 34.0 Å². The average Bonchev–Trinajstić information content (AvgIpc) is 2.46. The lowest BCUT2D eigenvalue weighted by Crippen LogP contribution is -1.99. The fourth-order valence-electron chi connectivity index (χ4n) is 1.78. The second-order valence-electron chi connectivity index (χ2n) is 4.23. The van der Waals surface area contributed by atoms with Crippen LogP contribution in [0.1, 0.15) is 5.56 Å². The van der Waals surface area contributed by atoms with Crippen molar-refractivity contribution in [3.8, 4) is 5.75 Å². The van der Waals surface area contributed by atoms with E-state index in [-0.39, 0.29) is 0 Å². The Kier molecular flexibility index (Phi) is 5.70. The van der Waals surface area contributed by atoms with Crippen LogP contribution in [0.2, 0.25) is 5.02 Å². The fourth-order valence-corrected chi connectivity index (χ4v) is 2.56. The fraction of sp³-hybridized carbons (Fsp3) is 0.200. The molecule has 2 rings (SSSR count). The van der Waals surface area contributed by atoms with Gasteiger partial charge in [0, 0.05) is 17.1 Å². The molecule has 21 heavy (non-hydrogen) atoms. The first kappa shape index (κ1) is 15.9. The summed E-state index contributed by atoms with van der Waals surface area (Å²) < 4.78 is 29.5. The van der Waals surface area contributed by atoms with Gasteiger partial charge in [-0.05, 0) is 42.0 Å². The van der Waals surface area contributed by atoms with Crippen LogP contribution in [0.4, 0.5) is 14.5 Å². The average molecular weight is 330 g/mol. The first-order valence-corrected chi connectivity index (χ1v) is 7.45. The van der Waals surface area contributed by atoms with Crippen molar-refractivity contribution in [1.29, 1.82) is 0 Å². The molecule has 0 saturated heterocycles. The molecule has 0 aliphatic carbocycles. The van der Waals surface area contributed by atoms with Crippen molar-refractivity contribution in [1.82, 2.24) is 0 Å². The third-order valence-electron chi connectivity index (χ3n) is 2.79. The van der Waals surface area contributed by atoms with Gasteiger partial charge in [-0.25, -0.2) is 0 Å². The molecular formula is C15H14ClF2NOS. The normalized spacial score (nSPS) is 10.7. The van der Waals surface area contributed by atoms with E-state index < -0.39 is 5.76 Å². The van der Waals surface area contributed by atoms with Crippen LogP contribution in [0.3, 0.4) is 0 Å². The molecule has 0 bridgehead atoms. The van der Waals surface area contributed by atoms with Crippen molar-refractivity contribution in [3.05, 3.63) is 53.1 Å². The summed E-state index contributed by atoms with van der Waals surface area (Å²) in [6.07, 6.45) is 0. The number of rotatable bonds is 6. The van der Waals surface area contributed by atoms with Crippen molar-refractivity contribution < 1.29 is 13.5 Å². The molecule has 1 N–H and O–H groups in total. The molecule has 0 spiro atoms. The van der Waals surface area contributed by atoms with Gasteiger partial charge >= 0.3 is 0 Å². The van der Waals surface area contributed by atoms with Gasteiger partial charge in [0.2, 0.25) is 0 Å². The highest BCUT2D eigenvalue weighted by atomic mass is 35.5. The number of halogens is 3. The summed E-state index contributed by atoms with van der Waals surface area (Å²) in [6.45, 7) is 0.588. The zero-order valence-electron chi connectivity index (χ0n) is 11.3. The molecule has 6 heteroatoms. The second-order valence-corrected chi connectivity index (χ2v) is 5.70. The van der Waals surface area contributed by atoms with Gasteiger partial charge in [-0.15, -0.1) is 0 Å². The Balaban J connectivity index is 1.95. The standard InChI is InChI=1S/C15H14ClF2NOS/c1-20-14-7-2-10(8-13(14)16)9-19-11-3-5-12(6-4-11)21-15(17)18/h2-8,15,19H,9H2,1H3. The van der Waals surface area contributed by atoms with Crippen molar-refractivity contribution in [2.75, 3.05) is 12.4 Å². The van der Waals surface area contributed by atoms with Gasteiger partial charge in [0.25, 0.3) is 5.76 Å². The minimum atomic E-state index is -2.40. The molecule has 0 amide bonds. The number of hydrogen-bond acceptors (Lipinski definition) is 3. The molecule has 0 aliphatic heterocycles. The number of hydrogen-bond donors (Lipinski definition) is 1. The lowest BCUT2D eigenvalue weighted by molar-refractivity contribution is 0.252. The Morgan fingerprint density at radius 1 is 1.19 bits per heavy atom. The zero-order chi connectivity index (χ0) is 15.2. The number of alkyl halides is 2. The number of anilines is 1. The minimum absolute atomic E-state index is 0.535. The third-order valence-corrected chi connectivity index (χ3v) is 3.81. The van der Waals surface area contributed by atoms with Crippen molar-refractivity contribution in [2.45, 2.75) is 17.2 Å². The summed E-state index contributed by atoms with van der Waals surface area (Å²) in [5.41, 5.74) is 1.87. The number of methoxy groups -OCH3 is 1. The summed E-state index contributed by atoms with van der Waals surface area (Å²) in [4.78, 5) is 0.544. The quantitative estimate of drug-likeness (QED) is 0.729. The molecule has 2 aromatic rings. The molecule has 2 aromatic carbocycles. The Hall–Kier alpha value is -1.46. The van der Waals surface area contributed by atoms with Gasteiger partial charge in [0.1, 0.15) is 5.75 Å². The molecule has 0 unspecified atom stereocenters. The van der Waals surface area contributed by atoms with Crippen LogP contribution >= 0.6 is 23.4 Å². The molecule has 0 heterocycles. The highest BCUT2D eigenvalue weighted by Gasteiger charge is 2.05. The summed E-state index contributed by atoms with van der Waals surface area (Å²) in [6, 6.07) is 12.4. The first-order valence-electron chi connectivity index (χ1n) is 6.19. The maximum Gasteiger partial charge on any atom is 0.288 e. The smallest absolute Gasteiger partial charge is 0.288 e. The molecule has 0 fully saturated rings. The van der Waals surface area contributed by atoms with Gasteiger partial charge in [-0.1, -0.05) is 29.4 Å². The lowest BCUT2D eigenvalue weighted by atomic mass is 10.2. The van der Waals surface area contributed by atoms with Crippen LogP contribution in [-0.4, -0.2) is 12.9 Å². The van der Waals surface area contributed by atoms with Crippen LogP contribution < -0.4 is 10.1 Å². The maximum absolute atomic E-state index is 12.2. The summed E-state index contributed by atoms with van der Waals surface area (Å²) in [5, 5.41) is 3.77. The maximum atomic E-state index is 12.2. The van der Waals surface area contributed by atoms with Crippen LogP contribution in [-0.2, 0) is 6.54 Å². The van der Waals surface area contributed by atoms with E-state index in [0.717, 1.165) is 11.3 Å². The highest BCUT2D eigenvalue weighted by Crippen LogP contribution is 2.27. The van der Waals surface area contributed by atoms with Gasteiger partial charge in [-0.2, -0.15) is 8.78 Å². The zero-order valence-corrected chi connectivity index (χ0v) is 12.8. The van der Waals surface area contributed by atoms with Crippen molar-refractivity contribution in [2.24, 2.45) is 0 Å². The molecule has 112 valence electrons. The van der Waals surface area contributed by atoms with E-state index in [9.17, 15) is 8.78 Å². The summed E-state index contributed by atoms with van der Waals surface area (Å²) in [5.74, 6) is -1.76. The molecule has 2 nitrogen and oxygen atoms in total. The third kappa shape index (κ3) is 4.79. The summed E-state index contributed by atoms with van der Waals surface area (Å²) >= 11 is 6.59. The largest absolute Gasteiger partial charge is 0.495 e. The van der Waals surface area contributed by atoms with Crippen LogP contribution in [0, 0.1) is 0 Å². The van der Waals surface area contributed by atoms with E-state index in [2.05, 4.69) is 5.32 Å². The minimum Gasteiger partial charge on any atom is -0.495 e. The van der Waals surface area contributed by atoms with Crippen LogP contribution in [0.25, 0.3) is 0 Å². The predicted molar refractivity (Wildman–Crippen MR) is 83.6 cm³/mol. The first-order chi connectivity index (χ1) is 10.1. The lowest BCUT2D eigenvalue weighted by Gasteiger charge is -2.09. The molecular weight excluding hydrogens is 316 g/mol. The van der Waals surface area contributed by atoms with Crippen molar-refractivity contribution in [3.63, 3.8) is 0 Å². The Bertz CT molecular complexity index is 593. The number of ether oxygens (including phenoxy) is 1. The molecule has 0 aromatic heterocycles. The van der Waals surface area contributed by atoms with Crippen molar-refractivity contribution >= 4 is 29.1 Å². The van der Waals surface area contributed by atoms with E-state index in [1.54, 1.807) is 31.4 Å². The van der Waals surface area contributed by atoms with Gasteiger partial charge in [0.15, 0.2) is 0 Å². The molecule has 0 aliphatic rings. The van der Waals surface area contributed by atoms with Crippen LogP contribution in [0.5, 0.6) is 5.75 Å². The predicted octanol–water partition coefficient (Wildman–Crippen LogP) is 5.28. The summed E-state index contributed by atoms with van der Waals surface area (Å²) in [7, 11) is 1.57. The SMILES string of the molecule is COc1ccc(CNc2ccc(SC(F)F)cc2)cc1Cl. The molecule has 0 saturated carbocycles. The molecule has 0 radical (unpaired) electrons. The van der Waals surface area contributed by atoms with Gasteiger partial charge < -0.3 is 10.1 Å². The molecule has 0 atom stereocenters.